The highest BCUT2D eigenvalue weighted by Gasteiger charge is 2.50. The Morgan fingerprint density at radius 2 is 1.53 bits per heavy atom. The smallest absolute Gasteiger partial charge is 0.0168 e. The number of rotatable bonds is 5. The molecule has 0 aromatic rings. The van der Waals surface area contributed by atoms with Gasteiger partial charge in [-0.05, 0) is 74.4 Å². The summed E-state index contributed by atoms with van der Waals surface area (Å²) in [5.74, 6) is 5.70. The molecular formula is C16H28S. The second-order valence-electron chi connectivity index (χ2n) is 7.49. The molecule has 0 saturated heterocycles. The van der Waals surface area contributed by atoms with Gasteiger partial charge in [-0.3, -0.25) is 0 Å². The van der Waals surface area contributed by atoms with Gasteiger partial charge < -0.3 is 0 Å². The average molecular weight is 252 g/mol. The zero-order chi connectivity index (χ0) is 11.9. The van der Waals surface area contributed by atoms with Crippen molar-refractivity contribution < 1.29 is 0 Å². The van der Waals surface area contributed by atoms with Crippen LogP contribution in [0.3, 0.4) is 0 Å². The molecule has 1 heteroatoms. The fourth-order valence-corrected chi connectivity index (χ4v) is 6.79. The van der Waals surface area contributed by atoms with Gasteiger partial charge >= 0.3 is 0 Å². The molecule has 4 saturated carbocycles. The highest BCUT2D eigenvalue weighted by Crippen LogP contribution is 2.60. The van der Waals surface area contributed by atoms with E-state index in [9.17, 15) is 0 Å². The summed E-state index contributed by atoms with van der Waals surface area (Å²) in [5, 5.41) is 0. The first-order chi connectivity index (χ1) is 8.15. The first-order valence-electron chi connectivity index (χ1n) is 7.79. The minimum absolute atomic E-state index is 0.756. The minimum atomic E-state index is 0.756. The van der Waals surface area contributed by atoms with Crippen molar-refractivity contribution in [3.8, 4) is 0 Å². The normalized spacial score (nSPS) is 43.6. The topological polar surface area (TPSA) is 0 Å². The molecule has 0 unspecified atom stereocenters. The molecule has 0 nitrogen and oxygen atoms in total. The van der Waals surface area contributed by atoms with E-state index < -0.39 is 0 Å². The molecule has 0 heterocycles. The second-order valence-corrected chi connectivity index (χ2v) is 9.05. The Bertz CT molecular complexity index is 233. The summed E-state index contributed by atoms with van der Waals surface area (Å²) in [4.78, 5) is 0. The lowest BCUT2D eigenvalue weighted by Gasteiger charge is -2.56. The molecule has 0 aromatic heterocycles. The van der Waals surface area contributed by atoms with E-state index in [-0.39, 0.29) is 0 Å². The maximum absolute atomic E-state index is 2.38. The van der Waals surface area contributed by atoms with E-state index >= 15 is 0 Å². The van der Waals surface area contributed by atoms with E-state index in [1.807, 2.05) is 0 Å². The summed E-state index contributed by atoms with van der Waals surface area (Å²) >= 11 is 2.38. The number of hydrogen-bond acceptors (Lipinski definition) is 1. The Balaban J connectivity index is 1.52. The Morgan fingerprint density at radius 3 is 2.00 bits per heavy atom. The summed E-state index contributed by atoms with van der Waals surface area (Å²) in [6.45, 7) is 4.71. The first kappa shape index (κ1) is 12.4. The molecule has 17 heavy (non-hydrogen) atoms. The van der Waals surface area contributed by atoms with Gasteiger partial charge in [-0.2, -0.15) is 11.8 Å². The van der Waals surface area contributed by atoms with Crippen LogP contribution >= 0.6 is 11.8 Å². The van der Waals surface area contributed by atoms with Gasteiger partial charge in [-0.1, -0.05) is 20.3 Å². The monoisotopic (exact) mass is 252 g/mol. The van der Waals surface area contributed by atoms with E-state index in [0.29, 0.717) is 0 Å². The zero-order valence-corrected chi connectivity index (χ0v) is 12.4. The SMILES string of the molecule is CC(C)CCCSC12CC3CC(CC(C3)C1)C2. The van der Waals surface area contributed by atoms with Crippen LogP contribution in [-0.2, 0) is 0 Å². The maximum Gasteiger partial charge on any atom is 0.0168 e. The van der Waals surface area contributed by atoms with Gasteiger partial charge in [0.15, 0.2) is 0 Å². The standard InChI is InChI=1S/C16H28S/c1-12(2)4-3-5-17-16-9-13-6-14(10-16)8-15(7-13)11-16/h12-15H,3-11H2,1-2H3. The molecule has 98 valence electrons. The third-order valence-corrected chi connectivity index (χ3v) is 6.92. The van der Waals surface area contributed by atoms with E-state index in [1.54, 1.807) is 38.5 Å². The lowest BCUT2D eigenvalue weighted by molar-refractivity contribution is 0.0383. The second kappa shape index (κ2) is 4.79. The molecule has 0 atom stereocenters. The van der Waals surface area contributed by atoms with E-state index in [1.165, 1.54) is 18.6 Å². The summed E-state index contributed by atoms with van der Waals surface area (Å²) in [5.41, 5.74) is 0. The summed E-state index contributed by atoms with van der Waals surface area (Å²) < 4.78 is 0.756. The summed E-state index contributed by atoms with van der Waals surface area (Å²) in [6.07, 6.45) is 12.4. The van der Waals surface area contributed by atoms with Gasteiger partial charge in [0, 0.05) is 4.75 Å². The highest BCUT2D eigenvalue weighted by molar-refractivity contribution is 8.00. The van der Waals surface area contributed by atoms with Crippen LogP contribution in [0.1, 0.15) is 65.2 Å². The average Bonchev–Trinajstić information content (AvgIpc) is 2.22. The van der Waals surface area contributed by atoms with Crippen molar-refractivity contribution in [1.29, 1.82) is 0 Å². The van der Waals surface area contributed by atoms with Crippen LogP contribution in [0, 0.1) is 23.7 Å². The van der Waals surface area contributed by atoms with Crippen molar-refractivity contribution in [3.63, 3.8) is 0 Å². The summed E-state index contributed by atoms with van der Waals surface area (Å²) in [6, 6.07) is 0. The third kappa shape index (κ3) is 2.69. The minimum Gasteiger partial charge on any atom is -0.155 e. The molecule has 4 bridgehead atoms. The molecule has 0 radical (unpaired) electrons. The van der Waals surface area contributed by atoms with Gasteiger partial charge in [0.05, 0.1) is 0 Å². The highest BCUT2D eigenvalue weighted by atomic mass is 32.2. The van der Waals surface area contributed by atoms with Crippen LogP contribution < -0.4 is 0 Å². The Kier molecular flexibility index (Phi) is 3.49. The Labute approximate surface area is 111 Å². The predicted octanol–water partition coefficient (Wildman–Crippen LogP) is 5.12. The molecule has 0 amide bonds. The lowest BCUT2D eigenvalue weighted by atomic mass is 9.56. The number of thioether (sulfide) groups is 1. The predicted molar refractivity (Wildman–Crippen MR) is 77.4 cm³/mol. The quantitative estimate of drug-likeness (QED) is 0.612. The van der Waals surface area contributed by atoms with Crippen LogP contribution in [0.5, 0.6) is 0 Å². The molecular weight excluding hydrogens is 224 g/mol. The molecule has 4 aliphatic carbocycles. The van der Waals surface area contributed by atoms with Crippen molar-refractivity contribution in [2.75, 3.05) is 5.75 Å². The number of hydrogen-bond donors (Lipinski definition) is 0. The Morgan fingerprint density at radius 1 is 1.00 bits per heavy atom. The van der Waals surface area contributed by atoms with Gasteiger partial charge in [0.25, 0.3) is 0 Å². The van der Waals surface area contributed by atoms with Gasteiger partial charge in [0.2, 0.25) is 0 Å². The van der Waals surface area contributed by atoms with Crippen LogP contribution in [0.25, 0.3) is 0 Å². The van der Waals surface area contributed by atoms with E-state index in [2.05, 4.69) is 25.6 Å². The van der Waals surface area contributed by atoms with Crippen LogP contribution in [-0.4, -0.2) is 10.5 Å². The molecule has 0 aliphatic heterocycles. The van der Waals surface area contributed by atoms with Crippen molar-refractivity contribution in [3.05, 3.63) is 0 Å². The fraction of sp³-hybridized carbons (Fsp3) is 1.00. The van der Waals surface area contributed by atoms with E-state index in [0.717, 1.165) is 28.4 Å². The summed E-state index contributed by atoms with van der Waals surface area (Å²) in [7, 11) is 0. The zero-order valence-electron chi connectivity index (χ0n) is 11.6. The Hall–Kier alpha value is 0.350. The van der Waals surface area contributed by atoms with Gasteiger partial charge in [-0.25, -0.2) is 0 Å². The van der Waals surface area contributed by atoms with Crippen LogP contribution in [0.4, 0.5) is 0 Å². The first-order valence-corrected chi connectivity index (χ1v) is 8.78. The third-order valence-electron chi connectivity index (χ3n) is 5.32. The largest absolute Gasteiger partial charge is 0.155 e. The molecule has 4 rings (SSSR count). The maximum atomic E-state index is 2.38. The van der Waals surface area contributed by atoms with Crippen molar-refractivity contribution >= 4 is 11.8 Å². The van der Waals surface area contributed by atoms with Crippen LogP contribution in [0.2, 0.25) is 0 Å². The lowest BCUT2D eigenvalue weighted by Crippen LogP contribution is -2.48. The molecule has 0 aromatic carbocycles. The van der Waals surface area contributed by atoms with Crippen LogP contribution in [0.15, 0.2) is 0 Å². The van der Waals surface area contributed by atoms with Gasteiger partial charge in [-0.15, -0.1) is 0 Å². The van der Waals surface area contributed by atoms with Crippen molar-refractivity contribution in [1.82, 2.24) is 0 Å². The molecule has 4 aliphatic rings. The van der Waals surface area contributed by atoms with E-state index in [4.69, 9.17) is 0 Å². The van der Waals surface area contributed by atoms with Crippen molar-refractivity contribution in [2.45, 2.75) is 70.0 Å². The molecule has 4 fully saturated rings. The fourth-order valence-electron chi connectivity index (χ4n) is 4.99. The van der Waals surface area contributed by atoms with Gasteiger partial charge in [0.1, 0.15) is 0 Å². The molecule has 0 spiro atoms. The van der Waals surface area contributed by atoms with Crippen molar-refractivity contribution in [2.24, 2.45) is 23.7 Å². The molecule has 0 N–H and O–H groups in total.